The molecule has 1 N–H and O–H groups in total. The molecule has 18 heavy (non-hydrogen) atoms. The van der Waals surface area contributed by atoms with Gasteiger partial charge in [-0.05, 0) is 18.8 Å². The molecule has 1 saturated heterocycles. The van der Waals surface area contributed by atoms with Gasteiger partial charge in [0.2, 0.25) is 0 Å². The number of hydrogen-bond donors (Lipinski definition) is 1. The molecule has 0 aromatic rings. The number of carbonyl (C=O) groups is 2. The van der Waals surface area contributed by atoms with E-state index in [1.54, 1.807) is 0 Å². The first-order valence-electron chi connectivity index (χ1n) is 5.76. The van der Waals surface area contributed by atoms with Crippen molar-refractivity contribution in [3.63, 3.8) is 0 Å². The summed E-state index contributed by atoms with van der Waals surface area (Å²) in [5.41, 5.74) is 0.835. The molecule has 1 heterocycles. The van der Waals surface area contributed by atoms with E-state index in [2.05, 4.69) is 4.74 Å². The van der Waals surface area contributed by atoms with Gasteiger partial charge in [-0.25, -0.2) is 9.59 Å². The number of rotatable bonds is 1. The van der Waals surface area contributed by atoms with E-state index < -0.39 is 18.1 Å². The Bertz CT molecular complexity index is 451. The molecule has 96 valence electrons. The second-order valence-electron chi connectivity index (χ2n) is 4.58. The lowest BCUT2D eigenvalue weighted by molar-refractivity contribution is -0.142. The molecule has 1 amide bonds. The lowest BCUT2D eigenvalue weighted by Gasteiger charge is -2.23. The fourth-order valence-corrected chi connectivity index (χ4v) is 3.07. The van der Waals surface area contributed by atoms with Gasteiger partial charge in [0, 0.05) is 18.5 Å². The molecule has 0 bridgehead atoms. The Morgan fingerprint density at radius 3 is 2.89 bits per heavy atom. The topological polar surface area (TPSA) is 90.6 Å². The molecule has 1 aliphatic carbocycles. The van der Waals surface area contributed by atoms with Gasteiger partial charge in [0.05, 0.1) is 13.2 Å². The smallest absolute Gasteiger partial charge is 0.410 e. The Hall–Kier alpha value is -2.03. The van der Waals surface area contributed by atoms with E-state index in [1.165, 1.54) is 18.1 Å². The summed E-state index contributed by atoms with van der Waals surface area (Å²) >= 11 is 0. The highest BCUT2D eigenvalue weighted by Gasteiger charge is 2.52. The number of amides is 1. The minimum absolute atomic E-state index is 0.116. The van der Waals surface area contributed by atoms with E-state index in [-0.39, 0.29) is 11.8 Å². The molecule has 0 spiro atoms. The summed E-state index contributed by atoms with van der Waals surface area (Å²) in [5.74, 6) is -1.18. The van der Waals surface area contributed by atoms with Crippen molar-refractivity contribution in [3.8, 4) is 6.07 Å². The molecule has 1 saturated carbocycles. The Balaban J connectivity index is 2.32. The van der Waals surface area contributed by atoms with Crippen LogP contribution in [-0.4, -0.2) is 41.8 Å². The number of ether oxygens (including phenoxy) is 1. The maximum atomic E-state index is 11.6. The summed E-state index contributed by atoms with van der Waals surface area (Å²) in [6, 6.07) is 1.04. The highest BCUT2D eigenvalue weighted by atomic mass is 16.5. The lowest BCUT2D eigenvalue weighted by Crippen LogP contribution is -2.43. The van der Waals surface area contributed by atoms with Crippen LogP contribution in [0.5, 0.6) is 0 Å². The van der Waals surface area contributed by atoms with E-state index in [0.29, 0.717) is 6.54 Å². The van der Waals surface area contributed by atoms with E-state index in [4.69, 9.17) is 5.26 Å². The van der Waals surface area contributed by atoms with Gasteiger partial charge in [0.15, 0.2) is 0 Å². The maximum absolute atomic E-state index is 11.6. The molecule has 0 aromatic carbocycles. The van der Waals surface area contributed by atoms with Crippen molar-refractivity contribution in [2.75, 3.05) is 13.7 Å². The van der Waals surface area contributed by atoms with Crippen LogP contribution in [0.15, 0.2) is 11.6 Å². The summed E-state index contributed by atoms with van der Waals surface area (Å²) in [4.78, 5) is 24.2. The summed E-state index contributed by atoms with van der Waals surface area (Å²) < 4.78 is 4.61. The quantitative estimate of drug-likeness (QED) is 0.701. The molecule has 2 rings (SSSR count). The summed E-state index contributed by atoms with van der Waals surface area (Å²) in [6.07, 6.45) is 2.35. The van der Waals surface area contributed by atoms with E-state index in [0.717, 1.165) is 18.4 Å². The molecule has 0 aromatic heterocycles. The van der Waals surface area contributed by atoms with Crippen molar-refractivity contribution in [2.24, 2.45) is 11.8 Å². The molecular formula is C12H14N2O4. The molecule has 2 aliphatic rings. The van der Waals surface area contributed by atoms with Crippen LogP contribution in [0.4, 0.5) is 4.79 Å². The first-order chi connectivity index (χ1) is 8.60. The van der Waals surface area contributed by atoms with Crippen molar-refractivity contribution in [1.29, 1.82) is 5.26 Å². The monoisotopic (exact) mass is 250 g/mol. The molecule has 3 atom stereocenters. The Morgan fingerprint density at radius 2 is 2.33 bits per heavy atom. The van der Waals surface area contributed by atoms with Crippen LogP contribution in [0.2, 0.25) is 0 Å². The largest absolute Gasteiger partial charge is 0.480 e. The SMILES string of the molecule is COC(=O)N1CC2CC/C(=C\C#N)C2C1C(=O)O. The van der Waals surface area contributed by atoms with E-state index >= 15 is 0 Å². The number of aliphatic carboxylic acids is 1. The normalized spacial score (nSPS) is 32.1. The number of nitrogens with zero attached hydrogens (tertiary/aromatic N) is 2. The van der Waals surface area contributed by atoms with E-state index in [9.17, 15) is 14.7 Å². The summed E-state index contributed by atoms with van der Waals surface area (Å²) in [5, 5.41) is 18.0. The van der Waals surface area contributed by atoms with Gasteiger partial charge in [-0.3, -0.25) is 4.90 Å². The lowest BCUT2D eigenvalue weighted by atomic mass is 9.90. The van der Waals surface area contributed by atoms with Gasteiger partial charge in [-0.2, -0.15) is 5.26 Å². The zero-order chi connectivity index (χ0) is 13.3. The van der Waals surface area contributed by atoms with Gasteiger partial charge < -0.3 is 9.84 Å². The van der Waals surface area contributed by atoms with Gasteiger partial charge in [0.25, 0.3) is 0 Å². The van der Waals surface area contributed by atoms with Crippen molar-refractivity contribution in [1.82, 2.24) is 4.90 Å². The molecule has 1 aliphatic heterocycles. The molecule has 2 fully saturated rings. The highest BCUT2D eigenvalue weighted by molar-refractivity contribution is 5.82. The third-order valence-corrected chi connectivity index (χ3v) is 3.76. The van der Waals surface area contributed by atoms with Gasteiger partial charge >= 0.3 is 12.1 Å². The number of carboxylic acids is 1. The number of allylic oxidation sites excluding steroid dienone is 1. The van der Waals surface area contributed by atoms with Crippen LogP contribution in [0.25, 0.3) is 0 Å². The number of methoxy groups -OCH3 is 1. The number of carboxylic acid groups (broad SMARTS) is 1. The fraction of sp³-hybridized carbons (Fsp3) is 0.583. The average Bonchev–Trinajstić information content (AvgIpc) is 2.88. The van der Waals surface area contributed by atoms with Crippen LogP contribution < -0.4 is 0 Å². The minimum Gasteiger partial charge on any atom is -0.480 e. The van der Waals surface area contributed by atoms with Crippen LogP contribution in [-0.2, 0) is 9.53 Å². The predicted octanol–water partition coefficient (Wildman–Crippen LogP) is 0.998. The second-order valence-corrected chi connectivity index (χ2v) is 4.58. The molecule has 6 nitrogen and oxygen atoms in total. The third kappa shape index (κ3) is 1.82. The Kier molecular flexibility index (Phi) is 3.24. The molecule has 0 radical (unpaired) electrons. The zero-order valence-electron chi connectivity index (χ0n) is 10.00. The molecular weight excluding hydrogens is 236 g/mol. The Morgan fingerprint density at radius 1 is 1.61 bits per heavy atom. The molecule has 3 unspecified atom stereocenters. The van der Waals surface area contributed by atoms with Crippen molar-refractivity contribution >= 4 is 12.1 Å². The number of nitriles is 1. The number of fused-ring (bicyclic) bond motifs is 1. The zero-order valence-corrected chi connectivity index (χ0v) is 10.00. The first kappa shape index (κ1) is 12.4. The average molecular weight is 250 g/mol. The number of hydrogen-bond acceptors (Lipinski definition) is 4. The summed E-state index contributed by atoms with van der Waals surface area (Å²) in [7, 11) is 1.24. The van der Waals surface area contributed by atoms with Crippen LogP contribution in [0.1, 0.15) is 12.8 Å². The van der Waals surface area contributed by atoms with Crippen molar-refractivity contribution < 1.29 is 19.4 Å². The number of carbonyl (C=O) groups excluding carboxylic acids is 1. The van der Waals surface area contributed by atoms with E-state index in [1.807, 2.05) is 6.07 Å². The molecule has 6 heteroatoms. The highest BCUT2D eigenvalue weighted by Crippen LogP contribution is 2.45. The van der Waals surface area contributed by atoms with Crippen molar-refractivity contribution in [3.05, 3.63) is 11.6 Å². The minimum atomic E-state index is -1.04. The first-order valence-corrected chi connectivity index (χ1v) is 5.76. The van der Waals surface area contributed by atoms with Crippen LogP contribution in [0.3, 0.4) is 0 Å². The predicted molar refractivity (Wildman–Crippen MR) is 60.4 cm³/mol. The van der Waals surface area contributed by atoms with Crippen molar-refractivity contribution in [2.45, 2.75) is 18.9 Å². The van der Waals surface area contributed by atoms with Gasteiger partial charge in [0.1, 0.15) is 6.04 Å². The fourth-order valence-electron chi connectivity index (χ4n) is 3.07. The van der Waals surface area contributed by atoms with Crippen LogP contribution >= 0.6 is 0 Å². The van der Waals surface area contributed by atoms with Crippen LogP contribution in [0, 0.1) is 23.2 Å². The third-order valence-electron chi connectivity index (χ3n) is 3.76. The van der Waals surface area contributed by atoms with Gasteiger partial charge in [-0.15, -0.1) is 0 Å². The van der Waals surface area contributed by atoms with Gasteiger partial charge in [-0.1, -0.05) is 5.57 Å². The standard InChI is InChI=1S/C12H14N2O4/c1-18-12(17)14-6-8-3-2-7(4-5-13)9(8)10(14)11(15)16/h4,8-10H,2-3,6H2,1H3,(H,15,16)/b7-4+. The maximum Gasteiger partial charge on any atom is 0.410 e. The number of likely N-dealkylation sites (tertiary alicyclic amines) is 1. The summed E-state index contributed by atoms with van der Waals surface area (Å²) in [6.45, 7) is 0.386. The Labute approximate surface area is 104 Å². The second kappa shape index (κ2) is 4.69.